The van der Waals surface area contributed by atoms with E-state index in [1.54, 1.807) is 0 Å². The van der Waals surface area contributed by atoms with Crippen LogP contribution >= 0.6 is 0 Å². The third kappa shape index (κ3) is 2.55. The number of aryl methyl sites for hydroxylation is 2. The summed E-state index contributed by atoms with van der Waals surface area (Å²) in [4.78, 5) is 8.82. The van der Waals surface area contributed by atoms with Gasteiger partial charge in [-0.3, -0.25) is 0 Å². The van der Waals surface area contributed by atoms with Crippen molar-refractivity contribution in [1.82, 2.24) is 24.4 Å². The zero-order chi connectivity index (χ0) is 12.3. The minimum absolute atomic E-state index is 0.0659. The van der Waals surface area contributed by atoms with Gasteiger partial charge in [-0.05, 0) is 13.0 Å². The zero-order valence-corrected chi connectivity index (χ0v) is 10.6. The molecule has 0 bridgehead atoms. The topological polar surface area (TPSA) is 47.7 Å². The van der Waals surface area contributed by atoms with Crippen molar-refractivity contribution < 1.29 is 0 Å². The molecule has 0 aliphatic heterocycles. The maximum Gasteiger partial charge on any atom is 0.131 e. The lowest BCUT2D eigenvalue weighted by Crippen LogP contribution is -2.26. The van der Waals surface area contributed by atoms with E-state index in [4.69, 9.17) is 0 Å². The Labute approximate surface area is 102 Å². The third-order valence-electron chi connectivity index (χ3n) is 2.74. The molecule has 0 spiro atoms. The molecule has 2 rings (SSSR count). The summed E-state index contributed by atoms with van der Waals surface area (Å²) in [7, 11) is 3.98. The van der Waals surface area contributed by atoms with Gasteiger partial charge in [0.25, 0.3) is 0 Å². The minimum Gasteiger partial charge on any atom is -0.340 e. The van der Waals surface area contributed by atoms with E-state index in [-0.39, 0.29) is 6.04 Å². The number of aromatic nitrogens is 4. The highest BCUT2D eigenvalue weighted by Gasteiger charge is 2.19. The van der Waals surface area contributed by atoms with Crippen LogP contribution in [0.2, 0.25) is 0 Å². The summed E-state index contributed by atoms with van der Waals surface area (Å²) in [5.41, 5.74) is 1.01. The first kappa shape index (κ1) is 11.9. The van der Waals surface area contributed by atoms with Crippen LogP contribution in [0.15, 0.2) is 24.9 Å². The van der Waals surface area contributed by atoms with Gasteiger partial charge in [-0.2, -0.15) is 0 Å². The normalized spacial score (nSPS) is 12.9. The molecule has 0 aromatic carbocycles. The van der Waals surface area contributed by atoms with Crippen LogP contribution in [0.25, 0.3) is 0 Å². The highest BCUT2D eigenvalue weighted by Crippen LogP contribution is 2.18. The monoisotopic (exact) mass is 233 g/mol. The summed E-state index contributed by atoms with van der Waals surface area (Å²) in [6.07, 6.45) is 8.71. The van der Waals surface area contributed by atoms with E-state index in [1.807, 2.05) is 48.1 Å². The number of imidazole rings is 2. The predicted molar refractivity (Wildman–Crippen MR) is 66.6 cm³/mol. The van der Waals surface area contributed by atoms with E-state index < -0.39 is 0 Å². The van der Waals surface area contributed by atoms with Crippen molar-refractivity contribution in [3.63, 3.8) is 0 Å². The van der Waals surface area contributed by atoms with Crippen molar-refractivity contribution >= 4 is 0 Å². The fourth-order valence-electron chi connectivity index (χ4n) is 1.85. The Morgan fingerprint density at radius 1 is 1.35 bits per heavy atom. The smallest absolute Gasteiger partial charge is 0.131 e. The Bertz CT molecular complexity index is 471. The number of rotatable bonds is 5. The van der Waals surface area contributed by atoms with Crippen LogP contribution in [0, 0.1) is 0 Å². The second kappa shape index (κ2) is 5.14. The maximum absolute atomic E-state index is 4.41. The van der Waals surface area contributed by atoms with Gasteiger partial charge in [-0.15, -0.1) is 0 Å². The molecule has 1 N–H and O–H groups in total. The highest BCUT2D eigenvalue weighted by atomic mass is 15.1. The quantitative estimate of drug-likeness (QED) is 0.845. The summed E-state index contributed by atoms with van der Waals surface area (Å²) in [5.74, 6) is 0.997. The Morgan fingerprint density at radius 2 is 2.18 bits per heavy atom. The van der Waals surface area contributed by atoms with Gasteiger partial charge >= 0.3 is 0 Å². The lowest BCUT2D eigenvalue weighted by atomic mass is 10.2. The molecule has 1 unspecified atom stereocenters. The summed E-state index contributed by atoms with van der Waals surface area (Å²) < 4.78 is 3.99. The second-order valence-corrected chi connectivity index (χ2v) is 4.25. The fourth-order valence-corrected chi connectivity index (χ4v) is 1.85. The molecular weight excluding hydrogens is 214 g/mol. The van der Waals surface area contributed by atoms with E-state index in [9.17, 15) is 0 Å². The third-order valence-corrected chi connectivity index (χ3v) is 2.74. The SMILES string of the molecule is CCCNC(c1cn(C)cn1)c1nccn1C. The molecule has 5 nitrogen and oxygen atoms in total. The van der Waals surface area contributed by atoms with Gasteiger partial charge in [0.05, 0.1) is 12.0 Å². The predicted octanol–water partition coefficient (Wildman–Crippen LogP) is 1.24. The number of nitrogens with zero attached hydrogens (tertiary/aromatic N) is 4. The van der Waals surface area contributed by atoms with E-state index in [0.29, 0.717) is 0 Å². The van der Waals surface area contributed by atoms with Gasteiger partial charge in [0.15, 0.2) is 0 Å². The van der Waals surface area contributed by atoms with Gasteiger partial charge in [0, 0.05) is 32.7 Å². The van der Waals surface area contributed by atoms with Crippen LogP contribution in [0.5, 0.6) is 0 Å². The van der Waals surface area contributed by atoms with E-state index >= 15 is 0 Å². The molecule has 1 atom stereocenters. The molecule has 5 heteroatoms. The van der Waals surface area contributed by atoms with Crippen molar-refractivity contribution in [1.29, 1.82) is 0 Å². The molecular formula is C12H19N5. The van der Waals surface area contributed by atoms with Gasteiger partial charge in [0.2, 0.25) is 0 Å². The molecule has 92 valence electrons. The molecule has 2 aromatic heterocycles. The molecule has 0 radical (unpaired) electrons. The number of hydrogen-bond donors (Lipinski definition) is 1. The Balaban J connectivity index is 2.28. The average molecular weight is 233 g/mol. The van der Waals surface area contributed by atoms with Crippen molar-refractivity contribution in [2.24, 2.45) is 14.1 Å². The zero-order valence-electron chi connectivity index (χ0n) is 10.6. The first-order chi connectivity index (χ1) is 8.22. The molecule has 0 saturated carbocycles. The van der Waals surface area contributed by atoms with Crippen molar-refractivity contribution in [2.45, 2.75) is 19.4 Å². The summed E-state index contributed by atoms with van der Waals surface area (Å²) in [6, 6.07) is 0.0659. The molecule has 0 fully saturated rings. The Morgan fingerprint density at radius 3 is 2.71 bits per heavy atom. The number of nitrogens with one attached hydrogen (secondary N) is 1. The Kier molecular flexibility index (Phi) is 3.58. The summed E-state index contributed by atoms with van der Waals surface area (Å²) >= 11 is 0. The van der Waals surface area contributed by atoms with Crippen LogP contribution in [-0.2, 0) is 14.1 Å². The standard InChI is InChI=1S/C12H19N5/c1-4-5-13-11(10-8-16(2)9-15-10)12-14-6-7-17(12)3/h6-9,11,13H,4-5H2,1-3H3. The molecule has 0 saturated heterocycles. The lowest BCUT2D eigenvalue weighted by Gasteiger charge is -2.16. The van der Waals surface area contributed by atoms with Crippen molar-refractivity contribution in [3.8, 4) is 0 Å². The lowest BCUT2D eigenvalue weighted by molar-refractivity contribution is 0.546. The van der Waals surface area contributed by atoms with Crippen LogP contribution in [0.3, 0.4) is 0 Å². The van der Waals surface area contributed by atoms with Crippen LogP contribution in [0.1, 0.15) is 30.9 Å². The molecule has 2 heterocycles. The van der Waals surface area contributed by atoms with Gasteiger partial charge in [-0.25, -0.2) is 9.97 Å². The molecule has 17 heavy (non-hydrogen) atoms. The van der Waals surface area contributed by atoms with Crippen molar-refractivity contribution in [3.05, 3.63) is 36.4 Å². The highest BCUT2D eigenvalue weighted by molar-refractivity contribution is 5.15. The fraction of sp³-hybridized carbons (Fsp3) is 0.500. The first-order valence-corrected chi connectivity index (χ1v) is 5.90. The van der Waals surface area contributed by atoms with Crippen LogP contribution < -0.4 is 5.32 Å². The summed E-state index contributed by atoms with van der Waals surface area (Å²) in [5, 5.41) is 3.48. The minimum atomic E-state index is 0.0659. The van der Waals surface area contributed by atoms with Crippen LogP contribution in [0.4, 0.5) is 0 Å². The summed E-state index contributed by atoms with van der Waals surface area (Å²) in [6.45, 7) is 3.11. The van der Waals surface area contributed by atoms with Gasteiger partial charge < -0.3 is 14.5 Å². The van der Waals surface area contributed by atoms with Crippen molar-refractivity contribution in [2.75, 3.05) is 6.54 Å². The largest absolute Gasteiger partial charge is 0.340 e. The second-order valence-electron chi connectivity index (χ2n) is 4.25. The van der Waals surface area contributed by atoms with E-state index in [0.717, 1.165) is 24.5 Å². The Hall–Kier alpha value is -1.62. The van der Waals surface area contributed by atoms with Crippen LogP contribution in [-0.4, -0.2) is 25.6 Å². The molecule has 2 aromatic rings. The average Bonchev–Trinajstić information content (AvgIpc) is 2.90. The molecule has 0 aliphatic carbocycles. The molecule has 0 aliphatic rings. The van der Waals surface area contributed by atoms with Gasteiger partial charge in [-0.1, -0.05) is 6.92 Å². The van der Waals surface area contributed by atoms with E-state index in [2.05, 4.69) is 22.2 Å². The molecule has 0 amide bonds. The number of hydrogen-bond acceptors (Lipinski definition) is 3. The first-order valence-electron chi connectivity index (χ1n) is 5.90. The van der Waals surface area contributed by atoms with E-state index in [1.165, 1.54) is 0 Å². The van der Waals surface area contributed by atoms with Gasteiger partial charge in [0.1, 0.15) is 11.9 Å². The maximum atomic E-state index is 4.41.